The average molecular weight is 246 g/mol. The van der Waals surface area contributed by atoms with E-state index in [1.165, 1.54) is 0 Å². The van der Waals surface area contributed by atoms with Gasteiger partial charge in [0.15, 0.2) is 5.69 Å². The van der Waals surface area contributed by atoms with Crippen LogP contribution in [0.4, 0.5) is 0 Å². The second-order valence-electron chi connectivity index (χ2n) is 3.67. The molecule has 1 aromatic heterocycles. The fourth-order valence-electron chi connectivity index (χ4n) is 1.30. The molecule has 1 aromatic carbocycles. The zero-order valence-electron chi connectivity index (χ0n) is 9.51. The molecule has 2 aromatic rings. The van der Waals surface area contributed by atoms with E-state index in [1.807, 2.05) is 6.92 Å². The molecular weight excluding hydrogens is 236 g/mol. The summed E-state index contributed by atoms with van der Waals surface area (Å²) in [6.07, 6.45) is 0. The largest absolute Gasteiger partial charge is 0.476 e. The molecule has 2 rings (SSSR count). The van der Waals surface area contributed by atoms with Crippen molar-refractivity contribution >= 4 is 11.9 Å². The predicted octanol–water partition coefficient (Wildman–Crippen LogP) is 1.64. The number of aryl methyl sites for hydroxylation is 1. The zero-order chi connectivity index (χ0) is 13.1. The molecular formula is C12H10N2O4. The number of nitrogens with zero attached hydrogens (tertiary/aromatic N) is 1. The van der Waals surface area contributed by atoms with E-state index < -0.39 is 11.9 Å². The Morgan fingerprint density at radius 3 is 2.50 bits per heavy atom. The molecule has 6 nitrogen and oxygen atoms in total. The molecule has 1 heterocycles. The number of hydrogen-bond donors (Lipinski definition) is 2. The monoisotopic (exact) mass is 246 g/mol. The minimum absolute atomic E-state index is 0.00650. The maximum absolute atomic E-state index is 11.6. The smallest absolute Gasteiger partial charge is 0.361 e. The van der Waals surface area contributed by atoms with Gasteiger partial charge in [0.05, 0.1) is 0 Å². The number of nitrogens with one attached hydrogen (secondary N) is 1. The van der Waals surface area contributed by atoms with Crippen LogP contribution in [0.15, 0.2) is 30.3 Å². The summed E-state index contributed by atoms with van der Waals surface area (Å²) in [5, 5.41) is 14.4. The van der Waals surface area contributed by atoms with Crippen LogP contribution in [0.25, 0.3) is 0 Å². The molecule has 0 amide bonds. The maximum atomic E-state index is 11.6. The summed E-state index contributed by atoms with van der Waals surface area (Å²) in [6.45, 7) is 1.92. The van der Waals surface area contributed by atoms with Crippen molar-refractivity contribution in [3.63, 3.8) is 0 Å². The first kappa shape index (κ1) is 11.8. The molecule has 0 bridgehead atoms. The van der Waals surface area contributed by atoms with E-state index in [-0.39, 0.29) is 11.4 Å². The quantitative estimate of drug-likeness (QED) is 0.634. The first-order valence-electron chi connectivity index (χ1n) is 5.14. The number of H-pyrrole nitrogens is 1. The molecule has 0 aliphatic rings. The van der Waals surface area contributed by atoms with E-state index in [2.05, 4.69) is 10.2 Å². The van der Waals surface area contributed by atoms with Crippen molar-refractivity contribution in [1.29, 1.82) is 0 Å². The summed E-state index contributed by atoms with van der Waals surface area (Å²) in [4.78, 5) is 22.2. The highest BCUT2D eigenvalue weighted by atomic mass is 16.5. The van der Waals surface area contributed by atoms with E-state index in [9.17, 15) is 9.59 Å². The van der Waals surface area contributed by atoms with Gasteiger partial charge in [-0.05, 0) is 19.1 Å². The number of esters is 1. The molecule has 18 heavy (non-hydrogen) atoms. The third kappa shape index (κ3) is 2.54. The Labute approximate surface area is 102 Å². The molecule has 0 unspecified atom stereocenters. The zero-order valence-corrected chi connectivity index (χ0v) is 9.51. The number of aromatic carboxylic acids is 1. The molecule has 0 atom stereocenters. The Hall–Kier alpha value is -2.63. The summed E-state index contributed by atoms with van der Waals surface area (Å²) in [5.41, 5.74) is 0.809. The lowest BCUT2D eigenvalue weighted by Crippen LogP contribution is -2.08. The number of hydrogen-bond acceptors (Lipinski definition) is 4. The lowest BCUT2D eigenvalue weighted by atomic mass is 10.2. The van der Waals surface area contributed by atoms with Crippen LogP contribution in [0.3, 0.4) is 0 Å². The van der Waals surface area contributed by atoms with Crippen LogP contribution >= 0.6 is 0 Å². The molecule has 0 saturated heterocycles. The van der Waals surface area contributed by atoms with Gasteiger partial charge in [-0.25, -0.2) is 9.59 Å². The number of aromatic nitrogens is 2. The highest BCUT2D eigenvalue weighted by molar-refractivity contribution is 5.93. The summed E-state index contributed by atoms with van der Waals surface area (Å²) >= 11 is 0. The highest BCUT2D eigenvalue weighted by Gasteiger charge is 2.15. The normalized spacial score (nSPS) is 10.1. The van der Waals surface area contributed by atoms with Crippen LogP contribution in [-0.2, 0) is 0 Å². The van der Waals surface area contributed by atoms with Crippen molar-refractivity contribution in [1.82, 2.24) is 10.2 Å². The van der Waals surface area contributed by atoms with Crippen LogP contribution in [0.1, 0.15) is 26.5 Å². The number of benzene rings is 1. The maximum Gasteiger partial charge on any atom is 0.361 e. The van der Waals surface area contributed by atoms with E-state index in [0.717, 1.165) is 11.6 Å². The molecule has 2 N–H and O–H groups in total. The number of carbonyl (C=O) groups excluding carboxylic acids is 1. The van der Waals surface area contributed by atoms with Crippen LogP contribution in [0.5, 0.6) is 5.75 Å². The number of aromatic amines is 1. The standard InChI is InChI=1S/C12H10N2O4/c1-7-2-4-8(5-3-7)18-12(17)10-6-9(11(15)16)13-14-10/h2-6H,1H3,(H,13,14)(H,15,16). The average Bonchev–Trinajstić information content (AvgIpc) is 2.81. The molecule has 0 spiro atoms. The summed E-state index contributed by atoms with van der Waals surface area (Å²) < 4.78 is 5.05. The summed E-state index contributed by atoms with van der Waals surface area (Å²) in [7, 11) is 0. The van der Waals surface area contributed by atoms with Gasteiger partial charge in [-0.3, -0.25) is 5.10 Å². The van der Waals surface area contributed by atoms with Crippen molar-refractivity contribution in [3.05, 3.63) is 47.3 Å². The fourth-order valence-corrected chi connectivity index (χ4v) is 1.30. The third-order valence-corrected chi connectivity index (χ3v) is 2.25. The molecule has 0 radical (unpaired) electrons. The molecule has 92 valence electrons. The van der Waals surface area contributed by atoms with Gasteiger partial charge in [-0.2, -0.15) is 5.10 Å². The second kappa shape index (κ2) is 4.70. The van der Waals surface area contributed by atoms with Crippen LogP contribution in [0, 0.1) is 6.92 Å². The lowest BCUT2D eigenvalue weighted by molar-refractivity contribution is 0.0689. The predicted molar refractivity (Wildman–Crippen MR) is 61.7 cm³/mol. The van der Waals surface area contributed by atoms with Crippen molar-refractivity contribution < 1.29 is 19.4 Å². The van der Waals surface area contributed by atoms with Crippen LogP contribution < -0.4 is 4.74 Å². The minimum atomic E-state index is -1.21. The number of ether oxygens (including phenoxy) is 1. The topological polar surface area (TPSA) is 92.3 Å². The Balaban J connectivity index is 2.11. The van der Waals surface area contributed by atoms with Crippen molar-refractivity contribution in [2.45, 2.75) is 6.92 Å². The van der Waals surface area contributed by atoms with E-state index in [1.54, 1.807) is 24.3 Å². The van der Waals surface area contributed by atoms with Gasteiger partial charge in [-0.15, -0.1) is 0 Å². The molecule has 6 heteroatoms. The summed E-state index contributed by atoms with van der Waals surface area (Å²) in [6, 6.07) is 8.04. The second-order valence-corrected chi connectivity index (χ2v) is 3.67. The van der Waals surface area contributed by atoms with Gasteiger partial charge in [0.25, 0.3) is 0 Å². The number of carbonyl (C=O) groups is 2. The molecule has 0 saturated carbocycles. The van der Waals surface area contributed by atoms with Gasteiger partial charge in [-0.1, -0.05) is 17.7 Å². The lowest BCUT2D eigenvalue weighted by Gasteiger charge is -2.02. The van der Waals surface area contributed by atoms with Gasteiger partial charge in [0.1, 0.15) is 11.4 Å². The fraction of sp³-hybridized carbons (Fsp3) is 0.0833. The summed E-state index contributed by atoms with van der Waals surface area (Å²) in [5.74, 6) is -1.50. The number of carboxylic acid groups (broad SMARTS) is 1. The van der Waals surface area contributed by atoms with Crippen LogP contribution in [0.2, 0.25) is 0 Å². The van der Waals surface area contributed by atoms with Crippen molar-refractivity contribution in [2.75, 3.05) is 0 Å². The molecule has 0 fully saturated rings. The van der Waals surface area contributed by atoms with Gasteiger partial charge in [0, 0.05) is 6.07 Å². The highest BCUT2D eigenvalue weighted by Crippen LogP contribution is 2.13. The molecule has 0 aliphatic carbocycles. The minimum Gasteiger partial charge on any atom is -0.476 e. The first-order valence-corrected chi connectivity index (χ1v) is 5.14. The Morgan fingerprint density at radius 1 is 1.28 bits per heavy atom. The Morgan fingerprint density at radius 2 is 1.94 bits per heavy atom. The number of rotatable bonds is 3. The van der Waals surface area contributed by atoms with E-state index >= 15 is 0 Å². The van der Waals surface area contributed by atoms with Gasteiger partial charge >= 0.3 is 11.9 Å². The first-order chi connectivity index (χ1) is 8.56. The Bertz CT molecular complexity index is 586. The third-order valence-electron chi connectivity index (χ3n) is 2.25. The number of carboxylic acids is 1. The van der Waals surface area contributed by atoms with Crippen molar-refractivity contribution in [2.24, 2.45) is 0 Å². The van der Waals surface area contributed by atoms with Crippen LogP contribution in [-0.4, -0.2) is 27.2 Å². The van der Waals surface area contributed by atoms with E-state index in [4.69, 9.17) is 9.84 Å². The van der Waals surface area contributed by atoms with E-state index in [0.29, 0.717) is 5.75 Å². The Kier molecular flexibility index (Phi) is 3.09. The SMILES string of the molecule is Cc1ccc(OC(=O)c2cc(C(=O)O)n[nH]2)cc1. The van der Waals surface area contributed by atoms with Gasteiger partial charge < -0.3 is 9.84 Å². The molecule has 0 aliphatic heterocycles. The van der Waals surface area contributed by atoms with Crippen molar-refractivity contribution in [3.8, 4) is 5.75 Å². The van der Waals surface area contributed by atoms with Gasteiger partial charge in [0.2, 0.25) is 0 Å².